The summed E-state index contributed by atoms with van der Waals surface area (Å²) in [5.41, 5.74) is 0. The van der Waals surface area contributed by atoms with E-state index in [2.05, 4.69) is 67.8 Å². The van der Waals surface area contributed by atoms with Crippen molar-refractivity contribution in [3.63, 3.8) is 0 Å². The monoisotopic (exact) mass is 750 g/mol. The summed E-state index contributed by atoms with van der Waals surface area (Å²) in [5.74, 6) is -1.58. The largest absolute Gasteiger partial charge is 0.387 e. The average Bonchev–Trinajstić information content (AvgIpc) is 3.11. The van der Waals surface area contributed by atoms with Crippen LogP contribution in [0.1, 0.15) is 187 Å². The van der Waals surface area contributed by atoms with E-state index >= 15 is 0 Å². The molecule has 0 saturated heterocycles. The number of aliphatic hydroxyl groups excluding tert-OH is 2. The third kappa shape index (κ3) is 36.4. The van der Waals surface area contributed by atoms with E-state index in [1.807, 2.05) is 0 Å². The highest BCUT2D eigenvalue weighted by molar-refractivity contribution is 7.85. The summed E-state index contributed by atoms with van der Waals surface area (Å²) in [6, 6.07) is -1.26. The second-order valence-electron chi connectivity index (χ2n) is 14.4. The van der Waals surface area contributed by atoms with E-state index in [9.17, 15) is 28.0 Å². The molecular weight excluding hydrogens is 671 g/mol. The summed E-state index contributed by atoms with van der Waals surface area (Å²) in [7, 11) is -4.46. The minimum atomic E-state index is -4.46. The molecule has 8 heteroatoms. The van der Waals surface area contributed by atoms with Crippen molar-refractivity contribution in [2.24, 2.45) is 0 Å². The van der Waals surface area contributed by atoms with Gasteiger partial charge in [0.2, 0.25) is 5.91 Å². The van der Waals surface area contributed by atoms with Crippen LogP contribution in [0.2, 0.25) is 0 Å². The van der Waals surface area contributed by atoms with E-state index in [1.54, 1.807) is 6.08 Å². The molecule has 0 rings (SSSR count). The zero-order valence-corrected chi connectivity index (χ0v) is 34.1. The lowest BCUT2D eigenvalue weighted by atomic mass is 10.0. The molecule has 4 N–H and O–H groups in total. The lowest BCUT2D eigenvalue weighted by Crippen LogP contribution is -2.50. The number of hydrogen-bond acceptors (Lipinski definition) is 5. The Morgan fingerprint density at radius 3 is 1.42 bits per heavy atom. The Hall–Kier alpha value is -2.00. The van der Waals surface area contributed by atoms with Gasteiger partial charge in [0.15, 0.2) is 0 Å². The lowest BCUT2D eigenvalue weighted by molar-refractivity contribution is -0.130. The van der Waals surface area contributed by atoms with Crippen LogP contribution in [0.5, 0.6) is 0 Å². The molecule has 52 heavy (non-hydrogen) atoms. The molecule has 302 valence electrons. The highest BCUT2D eigenvalue weighted by Crippen LogP contribution is 2.13. The van der Waals surface area contributed by atoms with Gasteiger partial charge in [-0.2, -0.15) is 8.42 Å². The molecule has 0 aromatic heterocycles. The molecule has 0 fully saturated rings. The third-order valence-corrected chi connectivity index (χ3v) is 10.0. The van der Waals surface area contributed by atoms with Gasteiger partial charge in [0.25, 0.3) is 10.1 Å². The summed E-state index contributed by atoms with van der Waals surface area (Å²) in [6.45, 7) is 4.48. The van der Waals surface area contributed by atoms with Gasteiger partial charge >= 0.3 is 0 Å². The Morgan fingerprint density at radius 1 is 0.538 bits per heavy atom. The van der Waals surface area contributed by atoms with Crippen molar-refractivity contribution < 1.29 is 28.0 Å². The number of unbranched alkanes of at least 4 members (excludes halogenated alkanes) is 20. The van der Waals surface area contributed by atoms with Gasteiger partial charge in [-0.1, -0.05) is 171 Å². The van der Waals surface area contributed by atoms with Crippen LogP contribution in [0.4, 0.5) is 0 Å². The molecule has 0 heterocycles. The van der Waals surface area contributed by atoms with Gasteiger partial charge in [0.05, 0.1) is 17.9 Å². The number of carbonyl (C=O) groups excluding carboxylic acids is 1. The van der Waals surface area contributed by atoms with Gasteiger partial charge in [0.1, 0.15) is 6.10 Å². The zero-order valence-electron chi connectivity index (χ0n) is 33.3. The molecule has 0 aliphatic carbocycles. The standard InChI is InChI=1S/C44H79NO6S/c1-3-5-7-9-11-13-15-17-19-21-22-23-25-26-28-30-32-34-36-38-42(46)41(40-52(49,50)51)45-44(48)43(47)39-37-35-33-31-29-27-24-20-18-16-14-12-10-8-6-4-2/h12,14,18,20,22-23,28,30,36,38,41-43,46-47H,3-11,13,15-17,19,21,24-27,29,31-35,37,39-40H2,1-2H3,(H,45,48)(H,49,50,51)/b14-12-,20-18-,23-22+,30-28+,38-36+. The Labute approximate surface area is 320 Å². The number of carbonyl (C=O) groups is 1. The molecule has 0 saturated carbocycles. The highest BCUT2D eigenvalue weighted by Gasteiger charge is 2.27. The van der Waals surface area contributed by atoms with Crippen LogP contribution in [-0.4, -0.2) is 53.1 Å². The molecule has 7 nitrogen and oxygen atoms in total. The SMILES string of the molecule is CCCCC/C=C\C/C=C\CCCCCCCCC(O)C(=O)NC(CS(=O)(=O)O)C(O)/C=C/CC/C=C/CC/C=C/CCCCCCCCCCC. The minimum absolute atomic E-state index is 0.256. The van der Waals surface area contributed by atoms with Crippen LogP contribution in [0.25, 0.3) is 0 Å². The molecule has 3 unspecified atom stereocenters. The fourth-order valence-electron chi connectivity index (χ4n) is 5.99. The van der Waals surface area contributed by atoms with Crippen molar-refractivity contribution in [3.8, 4) is 0 Å². The van der Waals surface area contributed by atoms with E-state index in [-0.39, 0.29) is 6.42 Å². The van der Waals surface area contributed by atoms with Crippen molar-refractivity contribution >= 4 is 16.0 Å². The Balaban J connectivity index is 4.14. The Bertz CT molecular complexity index is 1060. The maximum atomic E-state index is 12.6. The maximum absolute atomic E-state index is 12.6. The first-order valence-electron chi connectivity index (χ1n) is 21.1. The van der Waals surface area contributed by atoms with Crippen LogP contribution in [0.15, 0.2) is 60.8 Å². The Morgan fingerprint density at radius 2 is 0.923 bits per heavy atom. The molecule has 0 aliphatic rings. The molecule has 0 aromatic rings. The summed E-state index contributed by atoms with van der Waals surface area (Å²) in [5, 5.41) is 23.4. The van der Waals surface area contributed by atoms with Crippen molar-refractivity contribution in [2.45, 2.75) is 205 Å². The lowest BCUT2D eigenvalue weighted by Gasteiger charge is -2.22. The first-order chi connectivity index (χ1) is 25.2. The van der Waals surface area contributed by atoms with Crippen LogP contribution >= 0.6 is 0 Å². The Kier molecular flexibility index (Phi) is 35.9. The molecule has 0 aliphatic heterocycles. The fourth-order valence-corrected chi connectivity index (χ4v) is 6.72. The van der Waals surface area contributed by atoms with Gasteiger partial charge in [-0.3, -0.25) is 9.35 Å². The van der Waals surface area contributed by atoms with Crippen LogP contribution in [-0.2, 0) is 14.9 Å². The van der Waals surface area contributed by atoms with E-state index in [0.717, 1.165) is 70.6 Å². The third-order valence-electron chi connectivity index (χ3n) is 9.25. The normalized spacial score (nSPS) is 14.5. The van der Waals surface area contributed by atoms with Crippen molar-refractivity contribution in [2.75, 3.05) is 5.75 Å². The average molecular weight is 750 g/mol. The fraction of sp³-hybridized carbons (Fsp3) is 0.750. The predicted molar refractivity (Wildman–Crippen MR) is 222 cm³/mol. The first-order valence-corrected chi connectivity index (χ1v) is 22.7. The molecule has 3 atom stereocenters. The zero-order chi connectivity index (χ0) is 38.4. The van der Waals surface area contributed by atoms with Crippen LogP contribution in [0.3, 0.4) is 0 Å². The quantitative estimate of drug-likeness (QED) is 0.0285. The van der Waals surface area contributed by atoms with Gasteiger partial charge in [-0.15, -0.1) is 0 Å². The van der Waals surface area contributed by atoms with Crippen LogP contribution in [0, 0.1) is 0 Å². The number of hydrogen-bond donors (Lipinski definition) is 4. The molecular formula is C44H79NO6S. The number of rotatable bonds is 37. The predicted octanol–water partition coefficient (Wildman–Crippen LogP) is 11.4. The van der Waals surface area contributed by atoms with Gasteiger partial charge in [-0.25, -0.2) is 0 Å². The second kappa shape index (κ2) is 37.3. The van der Waals surface area contributed by atoms with Crippen molar-refractivity contribution in [3.05, 3.63) is 60.8 Å². The second-order valence-corrected chi connectivity index (χ2v) is 15.9. The molecule has 0 bridgehead atoms. The summed E-state index contributed by atoms with van der Waals surface area (Å²) in [6.07, 6.45) is 48.4. The summed E-state index contributed by atoms with van der Waals surface area (Å²) >= 11 is 0. The maximum Gasteiger partial charge on any atom is 0.267 e. The van der Waals surface area contributed by atoms with Gasteiger partial charge < -0.3 is 15.5 Å². The molecule has 0 spiro atoms. The number of aliphatic hydroxyl groups is 2. The van der Waals surface area contributed by atoms with E-state index < -0.39 is 40.0 Å². The topological polar surface area (TPSA) is 124 Å². The van der Waals surface area contributed by atoms with E-state index in [4.69, 9.17) is 0 Å². The van der Waals surface area contributed by atoms with Gasteiger partial charge in [0, 0.05) is 0 Å². The number of allylic oxidation sites excluding steroid dienone is 9. The van der Waals surface area contributed by atoms with Crippen LogP contribution < -0.4 is 5.32 Å². The van der Waals surface area contributed by atoms with Crippen molar-refractivity contribution in [1.29, 1.82) is 0 Å². The highest BCUT2D eigenvalue weighted by atomic mass is 32.2. The summed E-state index contributed by atoms with van der Waals surface area (Å²) < 4.78 is 32.5. The van der Waals surface area contributed by atoms with Gasteiger partial charge in [-0.05, 0) is 77.0 Å². The first kappa shape index (κ1) is 50.0. The minimum Gasteiger partial charge on any atom is -0.387 e. The molecule has 0 aromatic carbocycles. The van der Waals surface area contributed by atoms with E-state index in [1.165, 1.54) is 89.5 Å². The molecule has 0 radical (unpaired) electrons. The number of amides is 1. The summed E-state index contributed by atoms with van der Waals surface area (Å²) in [4.78, 5) is 12.6. The van der Waals surface area contributed by atoms with E-state index in [0.29, 0.717) is 12.8 Å². The van der Waals surface area contributed by atoms with Crippen molar-refractivity contribution in [1.82, 2.24) is 5.32 Å². The smallest absolute Gasteiger partial charge is 0.267 e. The molecule has 1 amide bonds. The number of nitrogens with one attached hydrogen (secondary N) is 1.